The van der Waals surface area contributed by atoms with E-state index in [4.69, 9.17) is 16.3 Å². The summed E-state index contributed by atoms with van der Waals surface area (Å²) in [4.78, 5) is 11.7. The van der Waals surface area contributed by atoms with Gasteiger partial charge in [0.05, 0.1) is 11.9 Å². The predicted molar refractivity (Wildman–Crippen MR) is 79.4 cm³/mol. The highest BCUT2D eigenvalue weighted by Crippen LogP contribution is 2.63. The molecule has 2 rings (SSSR count). The molecule has 1 aliphatic carbocycles. The number of aliphatic carboxylic acids is 1. The molecule has 1 fully saturated rings. The van der Waals surface area contributed by atoms with Crippen LogP contribution in [0.15, 0.2) is 24.3 Å². The van der Waals surface area contributed by atoms with Crippen LogP contribution in [-0.4, -0.2) is 44.2 Å². The summed E-state index contributed by atoms with van der Waals surface area (Å²) >= 11 is 5.93. The Balaban J connectivity index is 2.54. The number of carboxylic acid groups (broad SMARTS) is 1. The van der Waals surface area contributed by atoms with Crippen molar-refractivity contribution in [2.75, 3.05) is 19.5 Å². The first kappa shape index (κ1) is 16.3. The monoisotopic (exact) mass is 332 g/mol. The van der Waals surface area contributed by atoms with Crippen molar-refractivity contribution >= 4 is 27.4 Å². The zero-order chi connectivity index (χ0) is 15.8. The molecule has 0 saturated heterocycles. The van der Waals surface area contributed by atoms with Gasteiger partial charge in [-0.3, -0.25) is 4.79 Å². The lowest BCUT2D eigenvalue weighted by atomic mass is 10.00. The number of benzene rings is 1. The zero-order valence-electron chi connectivity index (χ0n) is 11.7. The molecule has 0 radical (unpaired) electrons. The van der Waals surface area contributed by atoms with Gasteiger partial charge < -0.3 is 9.84 Å². The van der Waals surface area contributed by atoms with Crippen LogP contribution in [0.5, 0.6) is 0 Å². The van der Waals surface area contributed by atoms with E-state index < -0.39 is 32.4 Å². The Kier molecular flexibility index (Phi) is 4.33. The third kappa shape index (κ3) is 2.56. The maximum Gasteiger partial charge on any atom is 0.314 e. The molecule has 7 heteroatoms. The van der Waals surface area contributed by atoms with Crippen LogP contribution in [0.1, 0.15) is 18.4 Å². The number of methoxy groups -OCH3 is 1. The molecule has 0 aliphatic heterocycles. The topological polar surface area (TPSA) is 80.7 Å². The molecule has 0 aromatic heterocycles. The summed E-state index contributed by atoms with van der Waals surface area (Å²) in [6.45, 7) is 1.37. The highest BCUT2D eigenvalue weighted by molar-refractivity contribution is 7.92. The number of hydrogen-bond donors (Lipinski definition) is 1. The van der Waals surface area contributed by atoms with Crippen molar-refractivity contribution in [2.24, 2.45) is 5.41 Å². The molecule has 1 saturated carbocycles. The van der Waals surface area contributed by atoms with Crippen LogP contribution >= 0.6 is 11.6 Å². The van der Waals surface area contributed by atoms with Crippen LogP contribution in [0.4, 0.5) is 0 Å². The van der Waals surface area contributed by atoms with Crippen molar-refractivity contribution in [2.45, 2.75) is 18.1 Å². The summed E-state index contributed by atoms with van der Waals surface area (Å²) in [5, 5.41) is 9.06. The summed E-state index contributed by atoms with van der Waals surface area (Å²) in [5.41, 5.74) is -0.821. The van der Waals surface area contributed by atoms with E-state index in [1.165, 1.54) is 14.0 Å². The minimum atomic E-state index is -3.51. The summed E-state index contributed by atoms with van der Waals surface area (Å²) in [7, 11) is -2.15. The van der Waals surface area contributed by atoms with Crippen LogP contribution < -0.4 is 0 Å². The predicted octanol–water partition coefficient (Wildman–Crippen LogP) is 1.96. The van der Waals surface area contributed by atoms with E-state index in [1.807, 2.05) is 0 Å². The van der Waals surface area contributed by atoms with Gasteiger partial charge >= 0.3 is 5.97 Å². The standard InChI is InChI=1S/C14H17ClO5S/c1-3-21(18,19)12-11(9-5-4-6-10(15)7-9)14(12,8-20-2)13(16)17/h4-7,11-12H,3,8H2,1-2H3,(H,16,17). The number of rotatable bonds is 6. The lowest BCUT2D eigenvalue weighted by molar-refractivity contribution is -0.145. The van der Waals surface area contributed by atoms with Crippen molar-refractivity contribution in [1.82, 2.24) is 0 Å². The fourth-order valence-corrected chi connectivity index (χ4v) is 5.26. The number of halogens is 1. The molecular formula is C14H17ClO5S. The first-order valence-electron chi connectivity index (χ1n) is 6.50. The fourth-order valence-electron chi connectivity index (χ4n) is 3.01. The van der Waals surface area contributed by atoms with Gasteiger partial charge in [-0.25, -0.2) is 8.42 Å². The van der Waals surface area contributed by atoms with Crippen molar-refractivity contribution < 1.29 is 23.1 Å². The van der Waals surface area contributed by atoms with Crippen molar-refractivity contribution in [3.8, 4) is 0 Å². The highest BCUT2D eigenvalue weighted by atomic mass is 35.5. The van der Waals surface area contributed by atoms with Crippen molar-refractivity contribution in [1.29, 1.82) is 0 Å². The fraction of sp³-hybridized carbons (Fsp3) is 0.500. The van der Waals surface area contributed by atoms with E-state index in [-0.39, 0.29) is 12.4 Å². The molecule has 116 valence electrons. The Morgan fingerprint density at radius 1 is 1.48 bits per heavy atom. The third-order valence-electron chi connectivity index (χ3n) is 4.03. The van der Waals surface area contributed by atoms with E-state index in [2.05, 4.69) is 0 Å². The van der Waals surface area contributed by atoms with Gasteiger partial charge in [-0.05, 0) is 17.7 Å². The molecule has 1 aromatic carbocycles. The molecule has 0 bridgehead atoms. The van der Waals surface area contributed by atoms with Gasteiger partial charge in [-0.15, -0.1) is 0 Å². The first-order chi connectivity index (χ1) is 9.81. The average molecular weight is 333 g/mol. The maximum absolute atomic E-state index is 12.3. The molecular weight excluding hydrogens is 316 g/mol. The van der Waals surface area contributed by atoms with Crippen LogP contribution in [0, 0.1) is 5.41 Å². The van der Waals surface area contributed by atoms with Crippen LogP contribution in [-0.2, 0) is 19.4 Å². The van der Waals surface area contributed by atoms with Gasteiger partial charge in [0.2, 0.25) is 0 Å². The lowest BCUT2D eigenvalue weighted by Crippen LogP contribution is -2.29. The highest BCUT2D eigenvalue weighted by Gasteiger charge is 2.75. The van der Waals surface area contributed by atoms with Gasteiger partial charge in [0.25, 0.3) is 0 Å². The second-order valence-electron chi connectivity index (χ2n) is 5.18. The summed E-state index contributed by atoms with van der Waals surface area (Å²) in [5.74, 6) is -1.90. The normalized spacial score (nSPS) is 28.3. The summed E-state index contributed by atoms with van der Waals surface area (Å²) in [6.07, 6.45) is 0. The van der Waals surface area contributed by atoms with E-state index in [1.54, 1.807) is 24.3 Å². The first-order valence-corrected chi connectivity index (χ1v) is 8.60. The molecule has 0 amide bonds. The Labute approximate surface area is 128 Å². The van der Waals surface area contributed by atoms with Crippen LogP contribution in [0.2, 0.25) is 5.02 Å². The largest absolute Gasteiger partial charge is 0.481 e. The smallest absolute Gasteiger partial charge is 0.314 e. The Hall–Kier alpha value is -1.11. The van der Waals surface area contributed by atoms with E-state index >= 15 is 0 Å². The minimum Gasteiger partial charge on any atom is -0.481 e. The SMILES string of the molecule is CCS(=O)(=O)C1C(c2cccc(Cl)c2)C1(COC)C(=O)O. The molecule has 0 spiro atoms. The number of carbonyl (C=O) groups is 1. The molecule has 0 heterocycles. The second-order valence-corrected chi connectivity index (χ2v) is 8.03. The Morgan fingerprint density at radius 3 is 2.62 bits per heavy atom. The quantitative estimate of drug-likeness (QED) is 0.861. The molecule has 5 nitrogen and oxygen atoms in total. The van der Waals surface area contributed by atoms with Gasteiger partial charge in [-0.1, -0.05) is 30.7 Å². The van der Waals surface area contributed by atoms with E-state index in [0.717, 1.165) is 0 Å². The zero-order valence-corrected chi connectivity index (χ0v) is 13.3. The van der Waals surface area contributed by atoms with Gasteiger partial charge in [0.15, 0.2) is 9.84 Å². The molecule has 3 atom stereocenters. The summed E-state index contributed by atoms with van der Waals surface area (Å²) in [6, 6.07) is 6.67. The van der Waals surface area contributed by atoms with Crippen molar-refractivity contribution in [3.63, 3.8) is 0 Å². The van der Waals surface area contributed by atoms with Gasteiger partial charge in [0.1, 0.15) is 5.41 Å². The van der Waals surface area contributed by atoms with Crippen molar-refractivity contribution in [3.05, 3.63) is 34.9 Å². The number of hydrogen-bond acceptors (Lipinski definition) is 4. The van der Waals surface area contributed by atoms with Crippen LogP contribution in [0.3, 0.4) is 0 Å². The average Bonchev–Trinajstić information content (AvgIpc) is 3.10. The lowest BCUT2D eigenvalue weighted by Gasteiger charge is -2.11. The summed E-state index contributed by atoms with van der Waals surface area (Å²) < 4.78 is 29.6. The number of carboxylic acids is 1. The van der Waals surface area contributed by atoms with Gasteiger partial charge in [-0.2, -0.15) is 0 Å². The van der Waals surface area contributed by atoms with E-state index in [0.29, 0.717) is 10.6 Å². The molecule has 1 N–H and O–H groups in total. The van der Waals surface area contributed by atoms with Gasteiger partial charge in [0, 0.05) is 23.8 Å². The third-order valence-corrected chi connectivity index (χ3v) is 6.54. The number of sulfone groups is 1. The minimum absolute atomic E-state index is 0.104. The maximum atomic E-state index is 12.3. The van der Waals surface area contributed by atoms with Crippen LogP contribution in [0.25, 0.3) is 0 Å². The molecule has 21 heavy (non-hydrogen) atoms. The Morgan fingerprint density at radius 2 is 2.14 bits per heavy atom. The molecule has 1 aliphatic rings. The van der Waals surface area contributed by atoms with E-state index in [9.17, 15) is 18.3 Å². The molecule has 3 unspecified atom stereocenters. The Bertz CT molecular complexity index is 657. The second kappa shape index (κ2) is 5.59. The number of ether oxygens (including phenoxy) is 1. The molecule has 1 aromatic rings.